The van der Waals surface area contributed by atoms with Gasteiger partial charge in [0, 0.05) is 5.56 Å². The van der Waals surface area contributed by atoms with E-state index in [1.807, 2.05) is 54.6 Å². The number of hydrazone groups is 1. The molecule has 3 aromatic rings. The normalized spacial score (nSPS) is 10.9. The third-order valence-corrected chi connectivity index (χ3v) is 2.94. The van der Waals surface area contributed by atoms with Crippen molar-refractivity contribution in [3.8, 4) is 17.1 Å². The zero-order valence-electron chi connectivity index (χ0n) is 11.7. The van der Waals surface area contributed by atoms with Gasteiger partial charge in [0.05, 0.1) is 6.21 Å². The molecule has 0 aliphatic heterocycles. The molecule has 6 nitrogen and oxygen atoms in total. The van der Waals surface area contributed by atoms with E-state index in [0.29, 0.717) is 11.7 Å². The fraction of sp³-hybridized carbons (Fsp3) is 0.0625. The van der Waals surface area contributed by atoms with Gasteiger partial charge < -0.3 is 15.1 Å². The zero-order valence-corrected chi connectivity index (χ0v) is 11.7. The van der Waals surface area contributed by atoms with Crippen LogP contribution in [0.2, 0.25) is 0 Å². The Labute approximate surface area is 127 Å². The fourth-order valence-electron chi connectivity index (χ4n) is 1.94. The molecule has 0 spiro atoms. The first-order chi connectivity index (χ1) is 10.8. The molecule has 1 heterocycles. The predicted octanol–water partition coefficient (Wildman–Crippen LogP) is 2.61. The molecule has 3 rings (SSSR count). The number of nitrogens with two attached hydrogens (primary N) is 1. The molecule has 0 aliphatic carbocycles. The van der Waals surface area contributed by atoms with Crippen LogP contribution in [-0.4, -0.2) is 16.4 Å². The molecule has 0 aliphatic rings. The summed E-state index contributed by atoms with van der Waals surface area (Å²) in [6, 6.07) is 17.0. The van der Waals surface area contributed by atoms with E-state index in [2.05, 4.69) is 15.2 Å². The summed E-state index contributed by atoms with van der Waals surface area (Å²) in [7, 11) is 0. The van der Waals surface area contributed by atoms with Gasteiger partial charge in [-0.25, -0.2) is 0 Å². The van der Waals surface area contributed by atoms with Crippen molar-refractivity contribution in [1.29, 1.82) is 0 Å². The molecule has 0 fully saturated rings. The molecule has 0 saturated heterocycles. The minimum Gasteiger partial charge on any atom is -0.484 e. The third-order valence-electron chi connectivity index (χ3n) is 2.94. The second kappa shape index (κ2) is 6.53. The maximum absolute atomic E-state index is 5.57. The van der Waals surface area contributed by atoms with Gasteiger partial charge in [0.2, 0.25) is 5.82 Å². The molecule has 0 radical (unpaired) electrons. The second-order valence-electron chi connectivity index (χ2n) is 4.52. The molecule has 22 heavy (non-hydrogen) atoms. The van der Waals surface area contributed by atoms with Crippen LogP contribution in [0.5, 0.6) is 5.75 Å². The van der Waals surface area contributed by atoms with Gasteiger partial charge in [-0.3, -0.25) is 0 Å². The number of hydrogen-bond acceptors (Lipinski definition) is 6. The molecule has 2 aromatic carbocycles. The number of nitrogens with zero attached hydrogens (tertiary/aromatic N) is 3. The third kappa shape index (κ3) is 3.29. The van der Waals surface area contributed by atoms with Crippen LogP contribution in [0.25, 0.3) is 11.4 Å². The van der Waals surface area contributed by atoms with E-state index in [-0.39, 0.29) is 6.61 Å². The Morgan fingerprint density at radius 3 is 2.82 bits per heavy atom. The Morgan fingerprint density at radius 2 is 2.00 bits per heavy atom. The van der Waals surface area contributed by atoms with Crippen LogP contribution >= 0.6 is 0 Å². The van der Waals surface area contributed by atoms with Gasteiger partial charge in [0.15, 0.2) is 6.61 Å². The van der Waals surface area contributed by atoms with Crippen LogP contribution in [0.3, 0.4) is 0 Å². The maximum Gasteiger partial charge on any atom is 0.264 e. The highest BCUT2D eigenvalue weighted by Gasteiger charge is 2.09. The van der Waals surface area contributed by atoms with E-state index >= 15 is 0 Å². The van der Waals surface area contributed by atoms with Crippen LogP contribution in [0.1, 0.15) is 11.5 Å². The standard InChI is InChI=1S/C16H14N4O2/c17-18-10-12-5-4-6-13(9-12)16-19-15(22-20-16)11-21-14-7-2-1-3-8-14/h1-10H,11,17H2. The van der Waals surface area contributed by atoms with Crippen molar-refractivity contribution < 1.29 is 9.26 Å². The summed E-state index contributed by atoms with van der Waals surface area (Å²) in [4.78, 5) is 4.32. The first-order valence-corrected chi connectivity index (χ1v) is 6.69. The number of hydrogen-bond donors (Lipinski definition) is 1. The molecule has 0 bridgehead atoms. The molecule has 6 heteroatoms. The van der Waals surface area contributed by atoms with E-state index in [4.69, 9.17) is 15.1 Å². The molecule has 0 atom stereocenters. The first-order valence-electron chi connectivity index (χ1n) is 6.69. The van der Waals surface area contributed by atoms with E-state index < -0.39 is 0 Å². The summed E-state index contributed by atoms with van der Waals surface area (Å²) >= 11 is 0. The highest BCUT2D eigenvalue weighted by molar-refractivity contribution is 5.81. The Kier molecular flexibility index (Phi) is 4.10. The predicted molar refractivity (Wildman–Crippen MR) is 82.3 cm³/mol. The molecule has 110 valence electrons. The molecular formula is C16H14N4O2. The summed E-state index contributed by atoms with van der Waals surface area (Å²) in [5.41, 5.74) is 1.69. The van der Waals surface area contributed by atoms with E-state index in [1.54, 1.807) is 6.21 Å². The lowest BCUT2D eigenvalue weighted by Crippen LogP contribution is -1.95. The number of para-hydroxylation sites is 1. The SMILES string of the molecule is NN=Cc1cccc(-c2noc(COc3ccccc3)n2)c1. The van der Waals surface area contributed by atoms with Crippen molar-refractivity contribution in [3.63, 3.8) is 0 Å². The molecular weight excluding hydrogens is 280 g/mol. The lowest BCUT2D eigenvalue weighted by molar-refractivity contribution is 0.243. The summed E-state index contributed by atoms with van der Waals surface area (Å²) in [6.07, 6.45) is 1.56. The smallest absolute Gasteiger partial charge is 0.264 e. The molecule has 0 saturated carbocycles. The Morgan fingerprint density at radius 1 is 1.14 bits per heavy atom. The van der Waals surface area contributed by atoms with Crippen molar-refractivity contribution >= 4 is 6.21 Å². The lowest BCUT2D eigenvalue weighted by Gasteiger charge is -2.01. The van der Waals surface area contributed by atoms with Gasteiger partial charge in [0.1, 0.15) is 5.75 Å². The van der Waals surface area contributed by atoms with E-state index in [9.17, 15) is 0 Å². The van der Waals surface area contributed by atoms with Gasteiger partial charge in [-0.15, -0.1) is 0 Å². The van der Waals surface area contributed by atoms with E-state index in [0.717, 1.165) is 16.9 Å². The van der Waals surface area contributed by atoms with E-state index in [1.165, 1.54) is 0 Å². The summed E-state index contributed by atoms with van der Waals surface area (Å²) < 4.78 is 10.8. The highest BCUT2D eigenvalue weighted by Crippen LogP contribution is 2.17. The van der Waals surface area contributed by atoms with Crippen LogP contribution in [0, 0.1) is 0 Å². The van der Waals surface area contributed by atoms with Crippen molar-refractivity contribution in [2.24, 2.45) is 10.9 Å². The topological polar surface area (TPSA) is 86.5 Å². The largest absolute Gasteiger partial charge is 0.484 e. The molecule has 2 N–H and O–H groups in total. The molecule has 0 unspecified atom stereocenters. The Balaban J connectivity index is 1.72. The summed E-state index contributed by atoms with van der Waals surface area (Å²) in [5.74, 6) is 6.82. The van der Waals surface area contributed by atoms with Crippen LogP contribution in [0.4, 0.5) is 0 Å². The lowest BCUT2D eigenvalue weighted by atomic mass is 10.1. The average molecular weight is 294 g/mol. The Hall–Kier alpha value is -3.15. The number of aromatic nitrogens is 2. The van der Waals surface area contributed by atoms with Crippen molar-refractivity contribution in [3.05, 3.63) is 66.1 Å². The number of benzene rings is 2. The minimum atomic E-state index is 0.223. The quantitative estimate of drug-likeness (QED) is 0.444. The first kappa shape index (κ1) is 13.8. The maximum atomic E-state index is 5.57. The molecule has 0 amide bonds. The zero-order chi connectivity index (χ0) is 15.2. The van der Waals surface area contributed by atoms with Gasteiger partial charge in [-0.05, 0) is 23.8 Å². The van der Waals surface area contributed by atoms with Crippen LogP contribution in [0.15, 0.2) is 64.2 Å². The van der Waals surface area contributed by atoms with Crippen LogP contribution < -0.4 is 10.6 Å². The second-order valence-corrected chi connectivity index (χ2v) is 4.52. The highest BCUT2D eigenvalue weighted by atomic mass is 16.5. The van der Waals surface area contributed by atoms with Crippen LogP contribution in [-0.2, 0) is 6.61 Å². The minimum absolute atomic E-state index is 0.223. The summed E-state index contributed by atoms with van der Waals surface area (Å²) in [5, 5.41) is 7.46. The van der Waals surface area contributed by atoms with Gasteiger partial charge in [0.25, 0.3) is 5.89 Å². The van der Waals surface area contributed by atoms with Crippen molar-refractivity contribution in [2.45, 2.75) is 6.61 Å². The molecule has 1 aromatic heterocycles. The Bertz CT molecular complexity index is 769. The average Bonchev–Trinajstić information content (AvgIpc) is 3.04. The van der Waals surface area contributed by atoms with Gasteiger partial charge in [-0.1, -0.05) is 41.6 Å². The van der Waals surface area contributed by atoms with Gasteiger partial charge in [-0.2, -0.15) is 10.1 Å². The fourth-order valence-corrected chi connectivity index (χ4v) is 1.94. The number of ether oxygens (including phenoxy) is 1. The van der Waals surface area contributed by atoms with Crippen molar-refractivity contribution in [2.75, 3.05) is 0 Å². The monoisotopic (exact) mass is 294 g/mol. The van der Waals surface area contributed by atoms with Gasteiger partial charge >= 0.3 is 0 Å². The number of rotatable bonds is 5. The van der Waals surface area contributed by atoms with Crippen molar-refractivity contribution in [1.82, 2.24) is 10.1 Å². The summed E-state index contributed by atoms with van der Waals surface area (Å²) in [6.45, 7) is 0.223.